The number of hydrogen-bond acceptors (Lipinski definition) is 5. The molecule has 7 N–H and O–H groups in total. The van der Waals surface area contributed by atoms with E-state index in [0.29, 0.717) is 6.42 Å². The van der Waals surface area contributed by atoms with Crippen LogP contribution in [0, 0.1) is 5.92 Å². The molecule has 0 aromatic carbocycles. The van der Waals surface area contributed by atoms with E-state index in [4.69, 9.17) is 16.6 Å². The molecule has 0 radical (unpaired) electrons. The second-order valence-corrected chi connectivity index (χ2v) is 3.52. The van der Waals surface area contributed by atoms with Crippen molar-refractivity contribution in [1.29, 1.82) is 0 Å². The van der Waals surface area contributed by atoms with Crippen molar-refractivity contribution in [2.24, 2.45) is 17.4 Å². The summed E-state index contributed by atoms with van der Waals surface area (Å²) in [4.78, 5) is 0. The van der Waals surface area contributed by atoms with E-state index in [1.54, 1.807) is 0 Å². The van der Waals surface area contributed by atoms with Gasteiger partial charge in [0.25, 0.3) is 0 Å². The lowest BCUT2D eigenvalue weighted by molar-refractivity contribution is -0.0103. The van der Waals surface area contributed by atoms with Gasteiger partial charge in [-0.15, -0.1) is 0 Å². The predicted molar refractivity (Wildman–Crippen MR) is 43.2 cm³/mol. The van der Waals surface area contributed by atoms with Crippen molar-refractivity contribution in [3.8, 4) is 0 Å². The van der Waals surface area contributed by atoms with Crippen LogP contribution in [0.15, 0.2) is 0 Å². The fourth-order valence-corrected chi connectivity index (χ4v) is 1.70. The third kappa shape index (κ3) is 1.34. The van der Waals surface area contributed by atoms with Gasteiger partial charge in [-0.05, 0) is 6.42 Å². The van der Waals surface area contributed by atoms with E-state index in [1.165, 1.54) is 0 Å². The van der Waals surface area contributed by atoms with Crippen molar-refractivity contribution < 1.29 is 15.3 Å². The van der Waals surface area contributed by atoms with Gasteiger partial charge in [0.15, 0.2) is 0 Å². The Morgan fingerprint density at radius 2 is 2.00 bits per heavy atom. The first-order valence-corrected chi connectivity index (χ1v) is 4.01. The Bertz CT molecular complexity index is 167. The second-order valence-electron chi connectivity index (χ2n) is 3.52. The molecule has 0 aromatic rings. The quantitative estimate of drug-likeness (QED) is 0.316. The first-order chi connectivity index (χ1) is 5.55. The summed E-state index contributed by atoms with van der Waals surface area (Å²) in [5.74, 6) is -0.353. The molecule has 4 atom stereocenters. The van der Waals surface area contributed by atoms with E-state index in [1.807, 2.05) is 0 Å². The minimum atomic E-state index is -1.03. The van der Waals surface area contributed by atoms with Crippen molar-refractivity contribution in [2.45, 2.75) is 24.2 Å². The highest BCUT2D eigenvalue weighted by molar-refractivity contribution is 5.06. The Labute approximate surface area is 71.0 Å². The number of hydrogen-bond donors (Lipinski definition) is 5. The van der Waals surface area contributed by atoms with Gasteiger partial charge in [-0.1, -0.05) is 0 Å². The summed E-state index contributed by atoms with van der Waals surface area (Å²) in [7, 11) is 0. The normalized spacial score (nSPS) is 48.2. The molecule has 5 nitrogen and oxygen atoms in total. The summed E-state index contributed by atoms with van der Waals surface area (Å²) in [6.45, 7) is -0.0566. The SMILES string of the molecule is NCC1(N)CC(CO)C(O)C1O. The van der Waals surface area contributed by atoms with E-state index in [9.17, 15) is 10.2 Å². The van der Waals surface area contributed by atoms with E-state index >= 15 is 0 Å². The number of nitrogens with two attached hydrogens (primary N) is 2. The molecule has 0 aliphatic heterocycles. The number of aliphatic hydroxyl groups is 3. The molecule has 0 saturated heterocycles. The minimum Gasteiger partial charge on any atom is -0.396 e. The fourth-order valence-electron chi connectivity index (χ4n) is 1.70. The maximum absolute atomic E-state index is 9.45. The highest BCUT2D eigenvalue weighted by Gasteiger charge is 2.49. The molecule has 0 heterocycles. The van der Waals surface area contributed by atoms with Crippen molar-refractivity contribution in [3.05, 3.63) is 0 Å². The van der Waals surface area contributed by atoms with Crippen LogP contribution in [0.25, 0.3) is 0 Å². The van der Waals surface area contributed by atoms with Crippen molar-refractivity contribution in [1.82, 2.24) is 0 Å². The maximum atomic E-state index is 9.45. The van der Waals surface area contributed by atoms with Crippen LogP contribution < -0.4 is 11.5 Å². The minimum absolute atomic E-state index is 0.113. The molecule has 5 heteroatoms. The van der Waals surface area contributed by atoms with Gasteiger partial charge < -0.3 is 26.8 Å². The van der Waals surface area contributed by atoms with E-state index in [2.05, 4.69) is 0 Å². The van der Waals surface area contributed by atoms with E-state index in [0.717, 1.165) is 0 Å². The summed E-state index contributed by atoms with van der Waals surface area (Å²) in [5.41, 5.74) is 10.1. The first kappa shape index (κ1) is 9.88. The van der Waals surface area contributed by atoms with Gasteiger partial charge in [0.2, 0.25) is 0 Å². The molecule has 0 bridgehead atoms. The molecule has 1 aliphatic carbocycles. The molecule has 12 heavy (non-hydrogen) atoms. The van der Waals surface area contributed by atoms with Gasteiger partial charge in [-0.2, -0.15) is 0 Å². The molecule has 1 saturated carbocycles. The topological polar surface area (TPSA) is 113 Å². The van der Waals surface area contributed by atoms with Gasteiger partial charge >= 0.3 is 0 Å². The molecule has 0 amide bonds. The highest BCUT2D eigenvalue weighted by Crippen LogP contribution is 2.32. The largest absolute Gasteiger partial charge is 0.396 e. The van der Waals surface area contributed by atoms with E-state index < -0.39 is 17.7 Å². The summed E-state index contributed by atoms with van der Waals surface area (Å²) < 4.78 is 0. The van der Waals surface area contributed by atoms with Crippen LogP contribution >= 0.6 is 0 Å². The first-order valence-electron chi connectivity index (χ1n) is 4.01. The van der Waals surface area contributed by atoms with E-state index in [-0.39, 0.29) is 19.1 Å². The zero-order chi connectivity index (χ0) is 9.35. The predicted octanol–water partition coefficient (Wildman–Crippen LogP) is -2.62. The summed E-state index contributed by atoms with van der Waals surface area (Å²) >= 11 is 0. The monoisotopic (exact) mass is 176 g/mol. The highest BCUT2D eigenvalue weighted by atomic mass is 16.3. The van der Waals surface area contributed by atoms with Crippen molar-refractivity contribution in [3.63, 3.8) is 0 Å². The smallest absolute Gasteiger partial charge is 0.0994 e. The van der Waals surface area contributed by atoms with Gasteiger partial charge in [0.1, 0.15) is 0 Å². The van der Waals surface area contributed by atoms with Crippen molar-refractivity contribution in [2.75, 3.05) is 13.2 Å². The van der Waals surface area contributed by atoms with Crippen LogP contribution in [0.4, 0.5) is 0 Å². The lowest BCUT2D eigenvalue weighted by atomic mass is 9.96. The summed E-state index contributed by atoms with van der Waals surface area (Å²) in [5, 5.41) is 27.6. The molecule has 1 fully saturated rings. The average Bonchev–Trinajstić information content (AvgIpc) is 2.31. The Hall–Kier alpha value is -0.200. The Morgan fingerprint density at radius 1 is 1.42 bits per heavy atom. The molecule has 1 aliphatic rings. The van der Waals surface area contributed by atoms with Crippen LogP contribution in [0.1, 0.15) is 6.42 Å². The molecule has 0 aromatic heterocycles. The van der Waals surface area contributed by atoms with Crippen LogP contribution in [-0.2, 0) is 0 Å². The van der Waals surface area contributed by atoms with Gasteiger partial charge in [0.05, 0.1) is 17.7 Å². The standard InChI is InChI=1S/C7H16N2O3/c8-3-7(9)1-4(2-10)5(11)6(7)12/h4-6,10-12H,1-3,8-9H2. The third-order valence-electron chi connectivity index (χ3n) is 2.65. The fraction of sp³-hybridized carbons (Fsp3) is 1.00. The van der Waals surface area contributed by atoms with Gasteiger partial charge in [0, 0.05) is 19.1 Å². The molecule has 0 spiro atoms. The molecule has 72 valence electrons. The molecule has 1 rings (SSSR count). The maximum Gasteiger partial charge on any atom is 0.0994 e. The molecular formula is C7H16N2O3. The van der Waals surface area contributed by atoms with Crippen LogP contribution in [-0.4, -0.2) is 46.2 Å². The summed E-state index contributed by atoms with van der Waals surface area (Å²) in [6.07, 6.45) is -1.62. The summed E-state index contributed by atoms with van der Waals surface area (Å²) in [6, 6.07) is 0. The molecule has 4 unspecified atom stereocenters. The Kier molecular flexibility index (Phi) is 2.70. The number of aliphatic hydroxyl groups excluding tert-OH is 3. The number of rotatable bonds is 2. The lowest BCUT2D eigenvalue weighted by Crippen LogP contribution is -2.55. The van der Waals surface area contributed by atoms with Gasteiger partial charge in [-0.25, -0.2) is 0 Å². The Balaban J connectivity index is 2.72. The van der Waals surface area contributed by atoms with Crippen molar-refractivity contribution >= 4 is 0 Å². The second kappa shape index (κ2) is 3.27. The van der Waals surface area contributed by atoms with Crippen LogP contribution in [0.3, 0.4) is 0 Å². The Morgan fingerprint density at radius 3 is 2.25 bits per heavy atom. The zero-order valence-electron chi connectivity index (χ0n) is 6.85. The van der Waals surface area contributed by atoms with Gasteiger partial charge in [-0.3, -0.25) is 0 Å². The van der Waals surface area contributed by atoms with Crippen LogP contribution in [0.5, 0.6) is 0 Å². The molecular weight excluding hydrogens is 160 g/mol. The van der Waals surface area contributed by atoms with Crippen LogP contribution in [0.2, 0.25) is 0 Å². The lowest BCUT2D eigenvalue weighted by Gasteiger charge is -2.26. The average molecular weight is 176 g/mol. The third-order valence-corrected chi connectivity index (χ3v) is 2.65. The zero-order valence-corrected chi connectivity index (χ0v) is 6.85.